The highest BCUT2D eigenvalue weighted by molar-refractivity contribution is 7.92. The Labute approximate surface area is 194 Å². The first-order valence-electron chi connectivity index (χ1n) is 10.1. The van der Waals surface area contributed by atoms with Crippen molar-refractivity contribution in [3.05, 3.63) is 71.8 Å². The van der Waals surface area contributed by atoms with E-state index in [4.69, 9.17) is 9.47 Å². The second-order valence-corrected chi connectivity index (χ2v) is 10.1. The molecule has 1 aliphatic rings. The van der Waals surface area contributed by atoms with E-state index in [-0.39, 0.29) is 10.6 Å². The zero-order chi connectivity index (χ0) is 23.0. The molecule has 0 aliphatic carbocycles. The summed E-state index contributed by atoms with van der Waals surface area (Å²) in [5, 5.41) is 3.20. The molecule has 5 rings (SSSR count). The Bertz CT molecular complexity index is 1420. The number of amides is 1. The molecule has 0 saturated heterocycles. The van der Waals surface area contributed by atoms with Crippen molar-refractivity contribution >= 4 is 48.3 Å². The molecule has 0 radical (unpaired) electrons. The van der Waals surface area contributed by atoms with Gasteiger partial charge in [0.05, 0.1) is 15.1 Å². The van der Waals surface area contributed by atoms with Gasteiger partial charge in [-0.25, -0.2) is 13.4 Å². The van der Waals surface area contributed by atoms with Crippen LogP contribution in [0, 0.1) is 6.92 Å². The maximum absolute atomic E-state index is 12.8. The van der Waals surface area contributed by atoms with Crippen LogP contribution in [0.2, 0.25) is 0 Å². The normalized spacial score (nSPS) is 13.0. The third-order valence-corrected chi connectivity index (χ3v) is 7.31. The Balaban J connectivity index is 1.34. The Morgan fingerprint density at radius 1 is 1.00 bits per heavy atom. The number of carbonyl (C=O) groups excluding carboxylic acids is 1. The van der Waals surface area contributed by atoms with Gasteiger partial charge in [-0.1, -0.05) is 35.1 Å². The average Bonchev–Trinajstić information content (AvgIpc) is 3.18. The van der Waals surface area contributed by atoms with Crippen molar-refractivity contribution in [2.45, 2.75) is 11.8 Å². The predicted octanol–water partition coefficient (Wildman–Crippen LogP) is 4.43. The maximum atomic E-state index is 12.8. The van der Waals surface area contributed by atoms with Crippen LogP contribution in [0.4, 0.5) is 10.8 Å². The zero-order valence-electron chi connectivity index (χ0n) is 17.5. The summed E-state index contributed by atoms with van der Waals surface area (Å²) in [4.78, 5) is 17.4. The number of nitrogens with zero attached hydrogens (tertiary/aromatic N) is 1. The molecule has 8 nitrogen and oxygen atoms in total. The lowest BCUT2D eigenvalue weighted by atomic mass is 10.2. The summed E-state index contributed by atoms with van der Waals surface area (Å²) >= 11 is 1.32. The van der Waals surface area contributed by atoms with E-state index >= 15 is 0 Å². The summed E-state index contributed by atoms with van der Waals surface area (Å²) in [5.74, 6) is 0.886. The third-order valence-electron chi connectivity index (χ3n) is 4.98. The van der Waals surface area contributed by atoms with Crippen molar-refractivity contribution in [2.24, 2.45) is 0 Å². The molecule has 0 fully saturated rings. The Morgan fingerprint density at radius 3 is 2.48 bits per heavy atom. The molecule has 1 aromatic heterocycles. The second-order valence-electron chi connectivity index (χ2n) is 7.44. The summed E-state index contributed by atoms with van der Waals surface area (Å²) < 4.78 is 39.8. The van der Waals surface area contributed by atoms with Crippen LogP contribution in [0.3, 0.4) is 0 Å². The fourth-order valence-electron chi connectivity index (χ4n) is 3.34. The Hall–Kier alpha value is -3.63. The highest BCUT2D eigenvalue weighted by Gasteiger charge is 2.18. The molecule has 0 atom stereocenters. The lowest BCUT2D eigenvalue weighted by Gasteiger charge is -2.17. The average molecular weight is 482 g/mol. The summed E-state index contributed by atoms with van der Waals surface area (Å²) in [6.07, 6.45) is 0. The number of hydrogen-bond donors (Lipinski definition) is 2. The molecule has 168 valence electrons. The zero-order valence-corrected chi connectivity index (χ0v) is 19.1. The molecular formula is C23H19N3O5S2. The fourth-order valence-corrected chi connectivity index (χ4v) is 5.26. The molecule has 1 aliphatic heterocycles. The van der Waals surface area contributed by atoms with Gasteiger partial charge in [0.2, 0.25) is 0 Å². The summed E-state index contributed by atoms with van der Waals surface area (Å²) in [6.45, 7) is 2.86. The van der Waals surface area contributed by atoms with Gasteiger partial charge in [0, 0.05) is 23.4 Å². The highest BCUT2D eigenvalue weighted by Crippen LogP contribution is 2.38. The van der Waals surface area contributed by atoms with E-state index in [9.17, 15) is 13.2 Å². The van der Waals surface area contributed by atoms with E-state index in [0.717, 1.165) is 10.3 Å². The number of sulfonamides is 1. The molecule has 0 unspecified atom stereocenters. The lowest BCUT2D eigenvalue weighted by Crippen LogP contribution is -2.15. The van der Waals surface area contributed by atoms with Gasteiger partial charge >= 0.3 is 0 Å². The topological polar surface area (TPSA) is 107 Å². The van der Waals surface area contributed by atoms with Gasteiger partial charge in [-0.2, -0.15) is 0 Å². The molecule has 10 heteroatoms. The SMILES string of the molecule is Cc1ccc(S(=O)(=O)Nc2cccc(C(=O)Nc3nc4cc5c(cc4s3)OCCO5)c2)cc1. The fraction of sp³-hybridized carbons (Fsp3) is 0.130. The molecule has 0 spiro atoms. The molecular weight excluding hydrogens is 462 g/mol. The number of rotatable bonds is 5. The van der Waals surface area contributed by atoms with E-state index in [2.05, 4.69) is 15.0 Å². The molecule has 2 heterocycles. The standard InChI is InChI=1S/C23H19N3O5S2/c1-14-5-7-17(8-6-14)33(28,29)26-16-4-2-3-15(11-16)22(27)25-23-24-18-12-19-20(13-21(18)32-23)31-10-9-30-19/h2-8,11-13,26H,9-10H2,1H3,(H,24,25,27). The molecule has 0 bridgehead atoms. The minimum atomic E-state index is -3.77. The first kappa shape index (κ1) is 21.2. The molecule has 4 aromatic rings. The van der Waals surface area contributed by atoms with Crippen LogP contribution in [0.1, 0.15) is 15.9 Å². The summed E-state index contributed by atoms with van der Waals surface area (Å²) in [6, 6.07) is 16.4. The Morgan fingerprint density at radius 2 is 1.73 bits per heavy atom. The van der Waals surface area contributed by atoms with Crippen LogP contribution in [0.5, 0.6) is 11.5 Å². The van der Waals surface area contributed by atoms with Crippen molar-refractivity contribution in [1.29, 1.82) is 0 Å². The van der Waals surface area contributed by atoms with Gasteiger partial charge in [-0.15, -0.1) is 0 Å². The number of benzene rings is 3. The number of aromatic nitrogens is 1. The first-order valence-corrected chi connectivity index (χ1v) is 12.4. The number of nitrogens with one attached hydrogen (secondary N) is 2. The van der Waals surface area contributed by atoms with E-state index in [1.165, 1.54) is 29.5 Å². The van der Waals surface area contributed by atoms with Gasteiger partial charge in [-0.05, 0) is 37.3 Å². The smallest absolute Gasteiger partial charge is 0.261 e. The number of fused-ring (bicyclic) bond motifs is 2. The van der Waals surface area contributed by atoms with Crippen molar-refractivity contribution in [3.63, 3.8) is 0 Å². The predicted molar refractivity (Wildman–Crippen MR) is 127 cm³/mol. The van der Waals surface area contributed by atoms with Crippen molar-refractivity contribution in [1.82, 2.24) is 4.98 Å². The quantitative estimate of drug-likeness (QED) is 0.437. The molecule has 3 aromatic carbocycles. The number of aryl methyl sites for hydroxylation is 1. The lowest BCUT2D eigenvalue weighted by molar-refractivity contribution is 0.102. The second kappa shape index (κ2) is 8.38. The van der Waals surface area contributed by atoms with E-state index in [0.29, 0.717) is 40.9 Å². The van der Waals surface area contributed by atoms with E-state index in [1.807, 2.05) is 13.0 Å². The maximum Gasteiger partial charge on any atom is 0.261 e. The van der Waals surface area contributed by atoms with Crippen LogP contribution < -0.4 is 19.5 Å². The number of thiazole rings is 1. The molecule has 1 amide bonds. The van der Waals surface area contributed by atoms with Crippen LogP contribution in [0.15, 0.2) is 65.6 Å². The molecule has 2 N–H and O–H groups in total. The van der Waals surface area contributed by atoms with E-state index in [1.54, 1.807) is 36.4 Å². The van der Waals surface area contributed by atoms with Gasteiger partial charge < -0.3 is 9.47 Å². The highest BCUT2D eigenvalue weighted by atomic mass is 32.2. The number of ether oxygens (including phenoxy) is 2. The summed E-state index contributed by atoms with van der Waals surface area (Å²) in [7, 11) is -3.77. The first-order chi connectivity index (χ1) is 15.9. The van der Waals surface area contributed by atoms with Gasteiger partial charge in [0.1, 0.15) is 13.2 Å². The van der Waals surface area contributed by atoms with Crippen molar-refractivity contribution < 1.29 is 22.7 Å². The van der Waals surface area contributed by atoms with Gasteiger partial charge in [-0.3, -0.25) is 14.8 Å². The number of carbonyl (C=O) groups is 1. The van der Waals surface area contributed by atoms with Crippen LogP contribution >= 0.6 is 11.3 Å². The van der Waals surface area contributed by atoms with Gasteiger partial charge in [0.15, 0.2) is 16.6 Å². The van der Waals surface area contributed by atoms with Crippen LogP contribution in [-0.2, 0) is 10.0 Å². The number of hydrogen-bond acceptors (Lipinski definition) is 7. The van der Waals surface area contributed by atoms with Crippen molar-refractivity contribution in [3.8, 4) is 11.5 Å². The van der Waals surface area contributed by atoms with Crippen molar-refractivity contribution in [2.75, 3.05) is 23.3 Å². The third kappa shape index (κ3) is 4.48. The summed E-state index contributed by atoms with van der Waals surface area (Å²) in [5.41, 5.74) is 2.24. The van der Waals surface area contributed by atoms with E-state index < -0.39 is 15.9 Å². The molecule has 33 heavy (non-hydrogen) atoms. The largest absolute Gasteiger partial charge is 0.486 e. The van der Waals surface area contributed by atoms with Gasteiger partial charge in [0.25, 0.3) is 15.9 Å². The Kier molecular flexibility index (Phi) is 5.39. The molecule has 0 saturated carbocycles. The monoisotopic (exact) mass is 481 g/mol. The minimum absolute atomic E-state index is 0.146. The minimum Gasteiger partial charge on any atom is -0.486 e. The van der Waals surface area contributed by atoms with Crippen LogP contribution in [0.25, 0.3) is 10.2 Å². The van der Waals surface area contributed by atoms with Crippen LogP contribution in [-0.4, -0.2) is 32.5 Å². The number of anilines is 2.